The first-order chi connectivity index (χ1) is 9.70. The number of nitrogens with one attached hydrogen (secondary N) is 1. The Balaban J connectivity index is 2.15. The molecule has 2 rings (SSSR count). The fraction of sp³-hybridized carbons (Fsp3) is 0.667. The molecule has 1 aliphatic rings. The number of nitrogens with zero attached hydrogens (tertiary/aromatic N) is 3. The van der Waals surface area contributed by atoms with Crippen LogP contribution in [0, 0.1) is 0 Å². The molecule has 1 aliphatic heterocycles. The van der Waals surface area contributed by atoms with Crippen molar-refractivity contribution in [1.29, 1.82) is 0 Å². The van der Waals surface area contributed by atoms with E-state index in [0.717, 1.165) is 30.6 Å². The topological polar surface area (TPSA) is 50.2 Å². The first kappa shape index (κ1) is 16.3. The smallest absolute Gasteiger partial charge is 0.348 e. The number of hydrogen-bond acceptors (Lipinski definition) is 3. The van der Waals surface area contributed by atoms with E-state index in [1.807, 2.05) is 7.05 Å². The quantitative estimate of drug-likeness (QED) is 0.868. The number of rotatable bonds is 2. The average Bonchev–Trinajstić information content (AvgIpc) is 2.67. The minimum Gasteiger partial charge on any atom is -0.348 e. The Morgan fingerprint density at radius 3 is 2.38 bits per heavy atom. The average molecular weight is 369 g/mol. The zero-order valence-corrected chi connectivity index (χ0v) is 13.3. The van der Waals surface area contributed by atoms with Gasteiger partial charge in [0.15, 0.2) is 5.69 Å². The minimum atomic E-state index is -4.59. The molecule has 0 unspecified atom stereocenters. The van der Waals surface area contributed by atoms with Gasteiger partial charge in [-0.25, -0.2) is 0 Å². The van der Waals surface area contributed by atoms with Crippen LogP contribution in [0.4, 0.5) is 13.2 Å². The maximum Gasteiger partial charge on any atom is 0.436 e. The van der Waals surface area contributed by atoms with E-state index in [1.165, 1.54) is 7.05 Å². The Bertz CT molecular complexity index is 535. The van der Waals surface area contributed by atoms with E-state index in [1.54, 1.807) is 0 Å². The normalized spacial score (nSPS) is 18.0. The highest BCUT2D eigenvalue weighted by molar-refractivity contribution is 9.10. The molecule has 2 heterocycles. The van der Waals surface area contributed by atoms with Gasteiger partial charge in [-0.1, -0.05) is 0 Å². The third-order valence-corrected chi connectivity index (χ3v) is 4.28. The molecule has 1 fully saturated rings. The number of aryl methyl sites for hydroxylation is 1. The van der Waals surface area contributed by atoms with Crippen molar-refractivity contribution in [3.05, 3.63) is 15.9 Å². The van der Waals surface area contributed by atoms with Crippen molar-refractivity contribution in [3.63, 3.8) is 0 Å². The van der Waals surface area contributed by atoms with Crippen molar-refractivity contribution in [1.82, 2.24) is 20.0 Å². The van der Waals surface area contributed by atoms with Crippen LogP contribution in [0.25, 0.3) is 0 Å². The molecule has 0 radical (unpaired) electrons. The third kappa shape index (κ3) is 3.57. The van der Waals surface area contributed by atoms with E-state index in [0.29, 0.717) is 0 Å². The number of piperidine rings is 1. The number of amides is 1. The Labute approximate surface area is 128 Å². The highest BCUT2D eigenvalue weighted by Crippen LogP contribution is 2.35. The van der Waals surface area contributed by atoms with Crippen LogP contribution in [0.5, 0.6) is 0 Å². The van der Waals surface area contributed by atoms with Crippen LogP contribution >= 0.6 is 15.9 Å². The van der Waals surface area contributed by atoms with Crippen LogP contribution in [0.3, 0.4) is 0 Å². The molecule has 0 spiro atoms. The molecule has 21 heavy (non-hydrogen) atoms. The van der Waals surface area contributed by atoms with Gasteiger partial charge in [0.1, 0.15) is 5.69 Å². The van der Waals surface area contributed by atoms with Crippen molar-refractivity contribution >= 4 is 21.8 Å². The van der Waals surface area contributed by atoms with Crippen molar-refractivity contribution in [3.8, 4) is 0 Å². The monoisotopic (exact) mass is 368 g/mol. The second-order valence-electron chi connectivity index (χ2n) is 5.18. The summed E-state index contributed by atoms with van der Waals surface area (Å²) in [5.41, 5.74) is -1.19. The molecular formula is C12H16BrF3N4O. The van der Waals surface area contributed by atoms with Gasteiger partial charge in [0, 0.05) is 13.1 Å². The molecule has 0 atom stereocenters. The summed E-state index contributed by atoms with van der Waals surface area (Å²) in [4.78, 5) is 14.3. The molecule has 5 nitrogen and oxygen atoms in total. The van der Waals surface area contributed by atoms with Gasteiger partial charge in [0.05, 0.1) is 4.47 Å². The van der Waals surface area contributed by atoms with Gasteiger partial charge in [-0.3, -0.25) is 9.48 Å². The van der Waals surface area contributed by atoms with Crippen LogP contribution in [-0.2, 0) is 13.2 Å². The largest absolute Gasteiger partial charge is 0.436 e. The Hall–Kier alpha value is -1.09. The number of halogens is 4. The summed E-state index contributed by atoms with van der Waals surface area (Å²) in [6.45, 7) is 1.70. The second-order valence-corrected chi connectivity index (χ2v) is 5.98. The fourth-order valence-electron chi connectivity index (χ4n) is 2.33. The lowest BCUT2D eigenvalue weighted by Crippen LogP contribution is -2.43. The van der Waals surface area contributed by atoms with Gasteiger partial charge in [-0.2, -0.15) is 18.3 Å². The molecule has 0 aromatic carbocycles. The lowest BCUT2D eigenvalue weighted by molar-refractivity contribution is -0.142. The third-order valence-electron chi connectivity index (χ3n) is 3.53. The second kappa shape index (κ2) is 5.96. The van der Waals surface area contributed by atoms with E-state index in [9.17, 15) is 18.0 Å². The fourth-order valence-corrected chi connectivity index (χ4v) is 3.07. The maximum absolute atomic E-state index is 12.8. The Morgan fingerprint density at radius 1 is 1.33 bits per heavy atom. The van der Waals surface area contributed by atoms with Crippen LogP contribution in [0.2, 0.25) is 0 Å². The van der Waals surface area contributed by atoms with Gasteiger partial charge in [-0.05, 0) is 48.9 Å². The summed E-state index contributed by atoms with van der Waals surface area (Å²) >= 11 is 2.84. The molecule has 1 aromatic rings. The summed E-state index contributed by atoms with van der Waals surface area (Å²) in [5.74, 6) is -0.540. The molecule has 1 aromatic heterocycles. The van der Waals surface area contributed by atoms with E-state index >= 15 is 0 Å². The van der Waals surface area contributed by atoms with Crippen LogP contribution in [-0.4, -0.2) is 46.8 Å². The van der Waals surface area contributed by atoms with E-state index in [4.69, 9.17) is 0 Å². The van der Waals surface area contributed by atoms with Crippen molar-refractivity contribution in [2.45, 2.75) is 25.1 Å². The van der Waals surface area contributed by atoms with Crippen molar-refractivity contribution < 1.29 is 18.0 Å². The SMILES string of the molecule is CN1CCC(NC(=O)c2c(Br)c(C(F)(F)F)nn2C)CC1. The number of likely N-dealkylation sites (tertiary alicyclic amines) is 1. The van der Waals surface area contributed by atoms with Crippen LogP contribution in [0.1, 0.15) is 29.0 Å². The molecule has 9 heteroatoms. The van der Waals surface area contributed by atoms with E-state index in [2.05, 4.69) is 31.2 Å². The lowest BCUT2D eigenvalue weighted by Gasteiger charge is -2.29. The van der Waals surface area contributed by atoms with Crippen LogP contribution < -0.4 is 5.32 Å². The molecule has 1 saturated heterocycles. The summed E-state index contributed by atoms with van der Waals surface area (Å²) in [6, 6.07) is -0.0233. The molecule has 118 valence electrons. The van der Waals surface area contributed by atoms with Gasteiger partial charge < -0.3 is 10.2 Å². The summed E-state index contributed by atoms with van der Waals surface area (Å²) in [7, 11) is 3.31. The number of carbonyl (C=O) groups excluding carboxylic acids is 1. The number of carbonyl (C=O) groups is 1. The highest BCUT2D eigenvalue weighted by atomic mass is 79.9. The van der Waals surface area contributed by atoms with Crippen molar-refractivity contribution in [2.24, 2.45) is 7.05 Å². The summed E-state index contributed by atoms with van der Waals surface area (Å²) in [6.07, 6.45) is -3.03. The molecule has 0 saturated carbocycles. The van der Waals surface area contributed by atoms with Gasteiger partial charge in [-0.15, -0.1) is 0 Å². The molecule has 0 bridgehead atoms. The highest BCUT2D eigenvalue weighted by Gasteiger charge is 2.39. The molecule has 1 amide bonds. The Kier molecular flexibility index (Phi) is 4.62. The standard InChI is InChI=1S/C12H16BrF3N4O/c1-19-5-3-7(4-6-19)17-11(21)9-8(13)10(12(14,15)16)18-20(9)2/h7H,3-6H2,1-2H3,(H,17,21). The Morgan fingerprint density at radius 2 is 1.90 bits per heavy atom. The summed E-state index contributed by atoms with van der Waals surface area (Å²) in [5, 5.41) is 6.16. The zero-order valence-electron chi connectivity index (χ0n) is 11.7. The van der Waals surface area contributed by atoms with E-state index in [-0.39, 0.29) is 16.2 Å². The first-order valence-electron chi connectivity index (χ1n) is 6.49. The number of hydrogen-bond donors (Lipinski definition) is 1. The summed E-state index contributed by atoms with van der Waals surface area (Å²) < 4.78 is 38.9. The van der Waals surface area contributed by atoms with Gasteiger partial charge >= 0.3 is 6.18 Å². The predicted molar refractivity (Wildman–Crippen MR) is 73.9 cm³/mol. The van der Waals surface area contributed by atoms with Gasteiger partial charge in [0.25, 0.3) is 5.91 Å². The van der Waals surface area contributed by atoms with E-state index < -0.39 is 17.8 Å². The number of aromatic nitrogens is 2. The van der Waals surface area contributed by atoms with Crippen LogP contribution in [0.15, 0.2) is 4.47 Å². The van der Waals surface area contributed by atoms with Gasteiger partial charge in [0.2, 0.25) is 0 Å². The number of alkyl halides is 3. The lowest BCUT2D eigenvalue weighted by atomic mass is 10.1. The van der Waals surface area contributed by atoms with Crippen molar-refractivity contribution in [2.75, 3.05) is 20.1 Å². The molecular weight excluding hydrogens is 353 g/mol. The first-order valence-corrected chi connectivity index (χ1v) is 7.28. The predicted octanol–water partition coefficient (Wildman–Crippen LogP) is 2.03. The molecule has 1 N–H and O–H groups in total. The molecule has 0 aliphatic carbocycles. The maximum atomic E-state index is 12.8. The minimum absolute atomic E-state index is 0.0233. The zero-order chi connectivity index (χ0) is 15.8.